The van der Waals surface area contributed by atoms with E-state index in [1.165, 1.54) is 5.56 Å². The fourth-order valence-corrected chi connectivity index (χ4v) is 3.38. The summed E-state index contributed by atoms with van der Waals surface area (Å²) in [6, 6.07) is 16.4. The van der Waals surface area contributed by atoms with E-state index >= 15 is 0 Å². The highest BCUT2D eigenvalue weighted by Crippen LogP contribution is 2.29. The molecule has 0 radical (unpaired) electrons. The maximum Gasteiger partial charge on any atom is 0.222 e. The Hall–Kier alpha value is -2.92. The van der Waals surface area contributed by atoms with E-state index in [9.17, 15) is 4.79 Å². The number of carbonyl (C=O) groups excluding carboxylic acids is 1. The molecule has 0 aliphatic heterocycles. The lowest BCUT2D eigenvalue weighted by molar-refractivity contribution is -0.128. The number of likely N-dealkylation sites (N-methyl/N-ethyl adjacent to an activating group) is 1. The summed E-state index contributed by atoms with van der Waals surface area (Å²) >= 11 is 0. The van der Waals surface area contributed by atoms with Crippen molar-refractivity contribution in [1.82, 2.24) is 14.8 Å². The molecule has 0 unspecified atom stereocenters. The lowest BCUT2D eigenvalue weighted by atomic mass is 10.00. The second kappa shape index (κ2) is 9.72. The van der Waals surface area contributed by atoms with Crippen molar-refractivity contribution in [3.8, 4) is 17.0 Å². The van der Waals surface area contributed by atoms with Gasteiger partial charge in [0.2, 0.25) is 5.91 Å². The lowest BCUT2D eigenvalue weighted by Crippen LogP contribution is -2.21. The van der Waals surface area contributed by atoms with E-state index in [1.807, 2.05) is 38.4 Å². The molecule has 1 amide bonds. The molecule has 0 fully saturated rings. The van der Waals surface area contributed by atoms with E-state index in [1.54, 1.807) is 19.0 Å². The summed E-state index contributed by atoms with van der Waals surface area (Å²) in [5.74, 6) is 0.973. The van der Waals surface area contributed by atoms with Crippen molar-refractivity contribution in [2.24, 2.45) is 0 Å². The molecule has 5 nitrogen and oxygen atoms in total. The standard InChI is InChI=1S/C25H31N3O2/c1-18-16-23(20-9-6-10-21(17-20)30-15-14-27(2)3)26-25-19(8-7-11-22(18)25)12-13-24(29)28(4)5/h6-11,16-17H,12-15H2,1-5H3. The van der Waals surface area contributed by atoms with Gasteiger partial charge in [0.05, 0.1) is 11.2 Å². The van der Waals surface area contributed by atoms with E-state index in [2.05, 4.69) is 36.1 Å². The molecule has 158 valence electrons. The molecule has 0 atom stereocenters. The number of ether oxygens (including phenoxy) is 1. The Morgan fingerprint density at radius 2 is 1.80 bits per heavy atom. The molecule has 1 aromatic heterocycles. The van der Waals surface area contributed by atoms with Crippen LogP contribution in [0, 0.1) is 6.92 Å². The van der Waals surface area contributed by atoms with Gasteiger partial charge in [-0.05, 0) is 56.8 Å². The molecule has 0 bridgehead atoms. The number of carbonyl (C=O) groups is 1. The molecular weight excluding hydrogens is 374 g/mol. The largest absolute Gasteiger partial charge is 0.492 e. The van der Waals surface area contributed by atoms with Crippen molar-refractivity contribution >= 4 is 16.8 Å². The summed E-state index contributed by atoms with van der Waals surface area (Å²) in [7, 11) is 7.65. The first-order valence-electron chi connectivity index (χ1n) is 10.3. The highest BCUT2D eigenvalue weighted by Gasteiger charge is 2.11. The van der Waals surface area contributed by atoms with Crippen molar-refractivity contribution < 1.29 is 9.53 Å². The summed E-state index contributed by atoms with van der Waals surface area (Å²) in [6.07, 6.45) is 1.16. The quantitative estimate of drug-likeness (QED) is 0.564. The van der Waals surface area contributed by atoms with Crippen LogP contribution in [0.25, 0.3) is 22.2 Å². The average molecular weight is 406 g/mol. The number of fused-ring (bicyclic) bond motifs is 1. The van der Waals surface area contributed by atoms with Gasteiger partial charge in [0, 0.05) is 38.0 Å². The van der Waals surface area contributed by atoms with Crippen LogP contribution in [0.4, 0.5) is 0 Å². The van der Waals surface area contributed by atoms with Crippen molar-refractivity contribution in [3.63, 3.8) is 0 Å². The molecule has 0 spiro atoms. The van der Waals surface area contributed by atoms with Gasteiger partial charge in [-0.3, -0.25) is 4.79 Å². The zero-order chi connectivity index (χ0) is 21.7. The van der Waals surface area contributed by atoms with Crippen LogP contribution in [0.3, 0.4) is 0 Å². The Balaban J connectivity index is 1.92. The van der Waals surface area contributed by atoms with E-state index in [0.717, 1.165) is 40.0 Å². The van der Waals surface area contributed by atoms with Crippen LogP contribution in [-0.4, -0.2) is 62.0 Å². The smallest absolute Gasteiger partial charge is 0.222 e. The Labute approximate surface area is 179 Å². The zero-order valence-corrected chi connectivity index (χ0v) is 18.6. The summed E-state index contributed by atoms with van der Waals surface area (Å²) < 4.78 is 5.90. The number of amides is 1. The van der Waals surface area contributed by atoms with Crippen LogP contribution in [0.1, 0.15) is 17.5 Å². The van der Waals surface area contributed by atoms with E-state index < -0.39 is 0 Å². The number of aryl methyl sites for hydroxylation is 2. The third-order valence-corrected chi connectivity index (χ3v) is 5.17. The predicted molar refractivity (Wildman–Crippen MR) is 123 cm³/mol. The number of aromatic nitrogens is 1. The van der Waals surface area contributed by atoms with Gasteiger partial charge < -0.3 is 14.5 Å². The topological polar surface area (TPSA) is 45.7 Å². The highest BCUT2D eigenvalue weighted by atomic mass is 16.5. The fraction of sp³-hybridized carbons (Fsp3) is 0.360. The van der Waals surface area contributed by atoms with E-state index in [4.69, 9.17) is 9.72 Å². The monoisotopic (exact) mass is 405 g/mol. The van der Waals surface area contributed by atoms with Crippen LogP contribution in [0.5, 0.6) is 5.75 Å². The molecule has 0 saturated carbocycles. The summed E-state index contributed by atoms with van der Waals surface area (Å²) in [5, 5.41) is 1.13. The number of hydrogen-bond acceptors (Lipinski definition) is 4. The van der Waals surface area contributed by atoms with Gasteiger partial charge in [-0.1, -0.05) is 30.3 Å². The molecule has 1 heterocycles. The minimum Gasteiger partial charge on any atom is -0.492 e. The number of benzene rings is 2. The van der Waals surface area contributed by atoms with Gasteiger partial charge in [-0.15, -0.1) is 0 Å². The van der Waals surface area contributed by atoms with Gasteiger partial charge in [-0.25, -0.2) is 4.98 Å². The number of hydrogen-bond donors (Lipinski definition) is 0. The molecule has 3 rings (SSSR count). The summed E-state index contributed by atoms with van der Waals surface area (Å²) in [5.41, 5.74) is 5.20. The first kappa shape index (κ1) is 21.8. The predicted octanol–water partition coefficient (Wildman–Crippen LogP) is 4.17. The Morgan fingerprint density at radius 1 is 1.03 bits per heavy atom. The van der Waals surface area contributed by atoms with E-state index in [-0.39, 0.29) is 5.91 Å². The van der Waals surface area contributed by atoms with Crippen LogP contribution in [0.2, 0.25) is 0 Å². The van der Waals surface area contributed by atoms with Crippen molar-refractivity contribution in [2.45, 2.75) is 19.8 Å². The summed E-state index contributed by atoms with van der Waals surface area (Å²) in [4.78, 5) is 20.8. The second-order valence-electron chi connectivity index (χ2n) is 8.11. The minimum atomic E-state index is 0.127. The minimum absolute atomic E-state index is 0.127. The maximum absolute atomic E-state index is 12.1. The van der Waals surface area contributed by atoms with Gasteiger partial charge >= 0.3 is 0 Å². The van der Waals surface area contributed by atoms with Gasteiger partial charge in [0.25, 0.3) is 0 Å². The molecule has 0 saturated heterocycles. The van der Waals surface area contributed by atoms with Crippen molar-refractivity contribution in [1.29, 1.82) is 0 Å². The van der Waals surface area contributed by atoms with Crippen molar-refractivity contribution in [3.05, 3.63) is 59.7 Å². The normalized spacial score (nSPS) is 11.1. The SMILES string of the molecule is Cc1cc(-c2cccc(OCCN(C)C)c2)nc2c(CCC(=O)N(C)C)cccc12. The lowest BCUT2D eigenvalue weighted by Gasteiger charge is -2.14. The molecule has 0 N–H and O–H groups in total. The Morgan fingerprint density at radius 3 is 2.53 bits per heavy atom. The van der Waals surface area contributed by atoms with Gasteiger partial charge in [0.1, 0.15) is 12.4 Å². The molecule has 3 aromatic rings. The van der Waals surface area contributed by atoms with E-state index in [0.29, 0.717) is 19.4 Å². The Bertz CT molecular complexity index is 1030. The Kier molecular flexibility index (Phi) is 7.06. The third kappa shape index (κ3) is 5.36. The first-order valence-corrected chi connectivity index (χ1v) is 10.3. The molecule has 2 aromatic carbocycles. The molecular formula is C25H31N3O2. The zero-order valence-electron chi connectivity index (χ0n) is 18.6. The molecule has 0 aliphatic carbocycles. The maximum atomic E-state index is 12.1. The highest BCUT2D eigenvalue weighted by molar-refractivity contribution is 5.88. The third-order valence-electron chi connectivity index (χ3n) is 5.17. The van der Waals surface area contributed by atoms with Gasteiger partial charge in [0.15, 0.2) is 0 Å². The van der Waals surface area contributed by atoms with Crippen LogP contribution >= 0.6 is 0 Å². The van der Waals surface area contributed by atoms with Crippen molar-refractivity contribution in [2.75, 3.05) is 41.3 Å². The van der Waals surface area contributed by atoms with Crippen LogP contribution in [0.15, 0.2) is 48.5 Å². The second-order valence-corrected chi connectivity index (χ2v) is 8.11. The van der Waals surface area contributed by atoms with Gasteiger partial charge in [-0.2, -0.15) is 0 Å². The van der Waals surface area contributed by atoms with Crippen LogP contribution < -0.4 is 4.74 Å². The number of para-hydroxylation sites is 1. The summed E-state index contributed by atoms with van der Waals surface area (Å²) in [6.45, 7) is 3.62. The number of pyridine rings is 1. The molecule has 30 heavy (non-hydrogen) atoms. The molecule has 5 heteroatoms. The fourth-order valence-electron chi connectivity index (χ4n) is 3.38. The number of nitrogens with zero attached hydrogens (tertiary/aromatic N) is 3. The first-order chi connectivity index (χ1) is 14.3. The molecule has 0 aliphatic rings. The van der Waals surface area contributed by atoms with Crippen LogP contribution in [-0.2, 0) is 11.2 Å². The average Bonchev–Trinajstić information content (AvgIpc) is 2.72. The number of rotatable bonds is 8.